The number of nitrogens with zero attached hydrogens (tertiary/aromatic N) is 4. The van der Waals surface area contributed by atoms with E-state index >= 15 is 0 Å². The summed E-state index contributed by atoms with van der Waals surface area (Å²) in [5, 5.41) is 3.55. The van der Waals surface area contributed by atoms with Crippen LogP contribution in [-0.2, 0) is 17.5 Å². The van der Waals surface area contributed by atoms with Crippen molar-refractivity contribution in [1.29, 1.82) is 0 Å². The SMILES string of the molecule is Cc1cc(C(F)(F)F)c2c(=O)[nH]c(C3CCN(C(=O)Cn4cccn4)C3)cc2n1. The van der Waals surface area contributed by atoms with Crippen LogP contribution in [0.4, 0.5) is 13.2 Å². The number of amides is 1. The molecule has 3 aromatic rings. The van der Waals surface area contributed by atoms with Crippen LogP contribution in [0.5, 0.6) is 0 Å². The number of aromatic amines is 1. The van der Waals surface area contributed by atoms with Gasteiger partial charge < -0.3 is 9.88 Å². The highest BCUT2D eigenvalue weighted by Crippen LogP contribution is 2.34. The summed E-state index contributed by atoms with van der Waals surface area (Å²) in [6.45, 7) is 2.45. The summed E-state index contributed by atoms with van der Waals surface area (Å²) in [6, 6.07) is 4.09. The Labute approximate surface area is 163 Å². The van der Waals surface area contributed by atoms with Crippen LogP contribution in [0.2, 0.25) is 0 Å². The van der Waals surface area contributed by atoms with Gasteiger partial charge in [0, 0.05) is 42.8 Å². The fourth-order valence-electron chi connectivity index (χ4n) is 3.73. The number of likely N-dealkylation sites (tertiary alicyclic amines) is 1. The maximum Gasteiger partial charge on any atom is 0.417 e. The molecule has 10 heteroatoms. The van der Waals surface area contributed by atoms with Gasteiger partial charge in [0.15, 0.2) is 0 Å². The van der Waals surface area contributed by atoms with Crippen molar-refractivity contribution in [1.82, 2.24) is 24.6 Å². The number of fused-ring (bicyclic) bond motifs is 1. The summed E-state index contributed by atoms with van der Waals surface area (Å²) in [7, 11) is 0. The van der Waals surface area contributed by atoms with Gasteiger partial charge in [-0.15, -0.1) is 0 Å². The van der Waals surface area contributed by atoms with Gasteiger partial charge in [-0.25, -0.2) is 0 Å². The van der Waals surface area contributed by atoms with E-state index in [0.29, 0.717) is 25.2 Å². The van der Waals surface area contributed by atoms with Gasteiger partial charge in [0.1, 0.15) is 6.54 Å². The molecule has 152 valence electrons. The molecule has 1 N–H and O–H groups in total. The van der Waals surface area contributed by atoms with E-state index in [1.807, 2.05) is 0 Å². The number of halogens is 3. The number of aryl methyl sites for hydroxylation is 1. The lowest BCUT2D eigenvalue weighted by atomic mass is 10.0. The highest BCUT2D eigenvalue weighted by Gasteiger charge is 2.35. The van der Waals surface area contributed by atoms with E-state index in [0.717, 1.165) is 6.07 Å². The lowest BCUT2D eigenvalue weighted by Gasteiger charge is -2.17. The van der Waals surface area contributed by atoms with Gasteiger partial charge in [-0.1, -0.05) is 0 Å². The Morgan fingerprint density at radius 3 is 2.83 bits per heavy atom. The molecule has 0 radical (unpaired) electrons. The third-order valence-corrected chi connectivity index (χ3v) is 5.10. The molecule has 0 spiro atoms. The predicted octanol–water partition coefficient (Wildman–Crippen LogP) is 2.46. The van der Waals surface area contributed by atoms with Crippen LogP contribution >= 0.6 is 0 Å². The molecule has 1 amide bonds. The number of hydrogen-bond acceptors (Lipinski definition) is 4. The van der Waals surface area contributed by atoms with Crippen molar-refractivity contribution < 1.29 is 18.0 Å². The van der Waals surface area contributed by atoms with Crippen LogP contribution in [0, 0.1) is 6.92 Å². The van der Waals surface area contributed by atoms with Crippen LogP contribution in [-0.4, -0.2) is 43.6 Å². The van der Waals surface area contributed by atoms with E-state index in [1.54, 1.807) is 23.4 Å². The van der Waals surface area contributed by atoms with Crippen molar-refractivity contribution in [3.8, 4) is 0 Å². The van der Waals surface area contributed by atoms with Gasteiger partial charge in [0.25, 0.3) is 5.56 Å². The predicted molar refractivity (Wildman–Crippen MR) is 98.3 cm³/mol. The van der Waals surface area contributed by atoms with Crippen LogP contribution in [0.3, 0.4) is 0 Å². The Hall–Kier alpha value is -3.17. The quantitative estimate of drug-likeness (QED) is 0.726. The maximum atomic E-state index is 13.3. The highest BCUT2D eigenvalue weighted by atomic mass is 19.4. The Balaban J connectivity index is 1.62. The lowest BCUT2D eigenvalue weighted by Crippen LogP contribution is -2.32. The van der Waals surface area contributed by atoms with E-state index < -0.39 is 22.7 Å². The molecule has 29 heavy (non-hydrogen) atoms. The van der Waals surface area contributed by atoms with Crippen LogP contribution in [0.1, 0.15) is 29.3 Å². The molecule has 3 aromatic heterocycles. The smallest absolute Gasteiger partial charge is 0.340 e. The number of nitrogens with one attached hydrogen (secondary N) is 1. The van der Waals surface area contributed by atoms with Crippen molar-refractivity contribution in [2.75, 3.05) is 13.1 Å². The molecule has 0 aromatic carbocycles. The summed E-state index contributed by atoms with van der Waals surface area (Å²) in [5.41, 5.74) is -1.13. The number of carbonyl (C=O) groups excluding carboxylic acids is 1. The summed E-state index contributed by atoms with van der Waals surface area (Å²) in [5.74, 6) is -0.280. The molecule has 4 rings (SSSR count). The van der Waals surface area contributed by atoms with Crippen LogP contribution in [0.25, 0.3) is 10.9 Å². The first-order chi connectivity index (χ1) is 13.7. The number of carbonyl (C=O) groups is 1. The van der Waals surface area contributed by atoms with Crippen molar-refractivity contribution in [3.63, 3.8) is 0 Å². The zero-order valence-corrected chi connectivity index (χ0v) is 15.5. The molecule has 1 aliphatic heterocycles. The maximum absolute atomic E-state index is 13.3. The number of alkyl halides is 3. The topological polar surface area (TPSA) is 83.9 Å². The second kappa shape index (κ2) is 7.02. The first-order valence-electron chi connectivity index (χ1n) is 9.09. The fraction of sp³-hybridized carbons (Fsp3) is 0.368. The van der Waals surface area contributed by atoms with Crippen molar-refractivity contribution in [3.05, 3.63) is 57.9 Å². The molecule has 1 saturated heterocycles. The van der Waals surface area contributed by atoms with Crippen LogP contribution < -0.4 is 5.56 Å². The average Bonchev–Trinajstić information content (AvgIpc) is 3.31. The number of rotatable bonds is 3. The van der Waals surface area contributed by atoms with Crippen molar-refractivity contribution >= 4 is 16.8 Å². The van der Waals surface area contributed by atoms with Gasteiger partial charge in [0.2, 0.25) is 5.91 Å². The van der Waals surface area contributed by atoms with Gasteiger partial charge >= 0.3 is 6.18 Å². The van der Waals surface area contributed by atoms with Crippen molar-refractivity contribution in [2.24, 2.45) is 0 Å². The molecule has 0 saturated carbocycles. The molecule has 1 fully saturated rings. The minimum absolute atomic E-state index is 0.0115. The Bertz CT molecular complexity index is 1120. The van der Waals surface area contributed by atoms with E-state index in [-0.39, 0.29) is 29.6 Å². The average molecular weight is 405 g/mol. The molecule has 0 aliphatic carbocycles. The van der Waals surface area contributed by atoms with Gasteiger partial charge in [-0.3, -0.25) is 19.3 Å². The minimum atomic E-state index is -4.65. The summed E-state index contributed by atoms with van der Waals surface area (Å²) < 4.78 is 41.6. The number of pyridine rings is 2. The molecule has 1 unspecified atom stereocenters. The van der Waals surface area contributed by atoms with E-state index in [2.05, 4.69) is 15.1 Å². The molecule has 1 atom stereocenters. The number of H-pyrrole nitrogens is 1. The monoisotopic (exact) mass is 405 g/mol. The summed E-state index contributed by atoms with van der Waals surface area (Å²) >= 11 is 0. The second-order valence-corrected chi connectivity index (χ2v) is 7.15. The van der Waals surface area contributed by atoms with Gasteiger partial charge in [-0.2, -0.15) is 18.3 Å². The first kappa shape index (κ1) is 19.2. The summed E-state index contributed by atoms with van der Waals surface area (Å²) in [6.07, 6.45) is -0.767. The van der Waals surface area contributed by atoms with Crippen molar-refractivity contribution in [2.45, 2.75) is 32.0 Å². The second-order valence-electron chi connectivity index (χ2n) is 7.15. The number of aromatic nitrogens is 4. The van der Waals surface area contributed by atoms with Gasteiger partial charge in [0.05, 0.1) is 16.5 Å². The Morgan fingerprint density at radius 2 is 2.14 bits per heavy atom. The first-order valence-corrected chi connectivity index (χ1v) is 9.09. The Kier molecular flexibility index (Phi) is 4.64. The number of hydrogen-bond donors (Lipinski definition) is 1. The van der Waals surface area contributed by atoms with E-state index in [1.165, 1.54) is 17.7 Å². The fourth-order valence-corrected chi connectivity index (χ4v) is 3.73. The normalized spacial score (nSPS) is 17.2. The molecular weight excluding hydrogens is 387 g/mol. The lowest BCUT2D eigenvalue weighted by molar-refractivity contribution is -0.136. The largest absolute Gasteiger partial charge is 0.417 e. The molecule has 1 aliphatic rings. The molecular formula is C19H18F3N5O2. The van der Waals surface area contributed by atoms with E-state index in [4.69, 9.17) is 0 Å². The third-order valence-electron chi connectivity index (χ3n) is 5.10. The molecule has 0 bridgehead atoms. The third kappa shape index (κ3) is 3.74. The Morgan fingerprint density at radius 1 is 1.34 bits per heavy atom. The zero-order valence-electron chi connectivity index (χ0n) is 15.5. The summed E-state index contributed by atoms with van der Waals surface area (Å²) in [4.78, 5) is 33.3. The standard InChI is InChI=1S/C19H18F3N5O2/c1-11-7-13(19(20,21)22)17-15(24-11)8-14(25-18(17)29)12-3-6-26(9-12)16(28)10-27-5-2-4-23-27/h2,4-5,7-8,12H,3,6,9-10H2,1H3,(H,25,29). The zero-order chi connectivity index (χ0) is 20.8. The minimum Gasteiger partial charge on any atom is -0.340 e. The highest BCUT2D eigenvalue weighted by molar-refractivity contribution is 5.82. The van der Waals surface area contributed by atoms with E-state index in [9.17, 15) is 22.8 Å². The van der Waals surface area contributed by atoms with Crippen LogP contribution in [0.15, 0.2) is 35.4 Å². The van der Waals surface area contributed by atoms with Gasteiger partial charge in [-0.05, 0) is 31.5 Å². The molecule has 7 nitrogen and oxygen atoms in total. The molecule has 4 heterocycles.